The number of rotatable bonds is 3. The van der Waals surface area contributed by atoms with Crippen LogP contribution in [0, 0.1) is 18.7 Å². The lowest BCUT2D eigenvalue weighted by Crippen LogP contribution is -2.30. The molecule has 1 aromatic carbocycles. The summed E-state index contributed by atoms with van der Waals surface area (Å²) in [4.78, 5) is 0.0256. The Bertz CT molecular complexity index is 530. The molecular formula is C12H18ClFN2O2S. The number of hydrogen-bond donors (Lipinski definition) is 1. The van der Waals surface area contributed by atoms with Crippen LogP contribution in [-0.4, -0.2) is 32.4 Å². The monoisotopic (exact) mass is 308 g/mol. The molecule has 0 aromatic heterocycles. The molecule has 0 radical (unpaired) electrons. The molecule has 2 N–H and O–H groups in total. The molecule has 1 unspecified atom stereocenters. The number of halogens is 2. The minimum atomic E-state index is -3.59. The van der Waals surface area contributed by atoms with E-state index in [0.29, 0.717) is 25.2 Å². The molecule has 1 heterocycles. The van der Waals surface area contributed by atoms with Crippen molar-refractivity contribution >= 4 is 22.4 Å². The third kappa shape index (κ3) is 3.45. The van der Waals surface area contributed by atoms with Gasteiger partial charge in [-0.25, -0.2) is 12.8 Å². The number of nitrogens with zero attached hydrogens (tertiary/aromatic N) is 1. The van der Waals surface area contributed by atoms with Gasteiger partial charge in [0.1, 0.15) is 5.82 Å². The average molecular weight is 309 g/mol. The molecule has 1 fully saturated rings. The topological polar surface area (TPSA) is 63.4 Å². The lowest BCUT2D eigenvalue weighted by atomic mass is 10.1. The highest BCUT2D eigenvalue weighted by Gasteiger charge is 2.32. The molecular weight excluding hydrogens is 291 g/mol. The van der Waals surface area contributed by atoms with Gasteiger partial charge >= 0.3 is 0 Å². The van der Waals surface area contributed by atoms with Crippen molar-refractivity contribution in [1.82, 2.24) is 4.31 Å². The van der Waals surface area contributed by atoms with E-state index >= 15 is 0 Å². The minimum absolute atomic E-state index is 0. The Kier molecular flexibility index (Phi) is 5.32. The van der Waals surface area contributed by atoms with Crippen LogP contribution in [0.2, 0.25) is 0 Å². The van der Waals surface area contributed by atoms with Crippen LogP contribution in [0.3, 0.4) is 0 Å². The van der Waals surface area contributed by atoms with E-state index in [-0.39, 0.29) is 23.2 Å². The quantitative estimate of drug-likeness (QED) is 0.921. The fraction of sp³-hybridized carbons (Fsp3) is 0.500. The molecule has 0 amide bonds. The summed E-state index contributed by atoms with van der Waals surface area (Å²) in [7, 11) is -3.59. The predicted octanol–water partition coefficient (Wildman–Crippen LogP) is 1.53. The summed E-state index contributed by atoms with van der Waals surface area (Å²) in [6.07, 6.45) is 0.768. The molecule has 0 aliphatic carbocycles. The molecule has 19 heavy (non-hydrogen) atoms. The molecule has 4 nitrogen and oxygen atoms in total. The van der Waals surface area contributed by atoms with Gasteiger partial charge in [-0.2, -0.15) is 4.31 Å². The van der Waals surface area contributed by atoms with Crippen molar-refractivity contribution in [3.8, 4) is 0 Å². The van der Waals surface area contributed by atoms with Crippen LogP contribution in [0.25, 0.3) is 0 Å². The predicted molar refractivity (Wildman–Crippen MR) is 74.3 cm³/mol. The van der Waals surface area contributed by atoms with E-state index < -0.39 is 15.8 Å². The zero-order chi connectivity index (χ0) is 13.3. The second-order valence-electron chi connectivity index (χ2n) is 4.72. The van der Waals surface area contributed by atoms with Gasteiger partial charge in [-0.05, 0) is 49.6 Å². The zero-order valence-electron chi connectivity index (χ0n) is 10.7. The fourth-order valence-electron chi connectivity index (χ4n) is 2.21. The second-order valence-corrected chi connectivity index (χ2v) is 6.66. The van der Waals surface area contributed by atoms with Crippen molar-refractivity contribution in [2.45, 2.75) is 18.2 Å². The summed E-state index contributed by atoms with van der Waals surface area (Å²) >= 11 is 0. The number of sulfonamides is 1. The van der Waals surface area contributed by atoms with Crippen LogP contribution in [-0.2, 0) is 10.0 Å². The standard InChI is InChI=1S/C12H17FN2O2S.ClH/c1-9-4-11(13)6-12(5-9)18(16,17)15-3-2-10(7-14)8-15;/h4-6,10H,2-3,7-8,14H2,1H3;1H. The summed E-state index contributed by atoms with van der Waals surface area (Å²) in [6.45, 7) is 3.04. The number of aryl methyl sites for hydroxylation is 1. The third-order valence-electron chi connectivity index (χ3n) is 3.24. The Morgan fingerprint density at radius 2 is 2.11 bits per heavy atom. The third-order valence-corrected chi connectivity index (χ3v) is 5.08. The van der Waals surface area contributed by atoms with E-state index in [2.05, 4.69) is 0 Å². The molecule has 0 saturated carbocycles. The van der Waals surface area contributed by atoms with Crippen LogP contribution in [0.4, 0.5) is 4.39 Å². The SMILES string of the molecule is Cc1cc(F)cc(S(=O)(=O)N2CCC(CN)C2)c1.Cl. The Balaban J connectivity index is 0.00000180. The highest BCUT2D eigenvalue weighted by atomic mass is 35.5. The Morgan fingerprint density at radius 3 is 2.63 bits per heavy atom. The average Bonchev–Trinajstić information content (AvgIpc) is 2.76. The van der Waals surface area contributed by atoms with Gasteiger partial charge in [0, 0.05) is 13.1 Å². The first-order chi connectivity index (χ1) is 8.43. The first-order valence-corrected chi connectivity index (χ1v) is 7.35. The number of nitrogens with two attached hydrogens (primary N) is 1. The van der Waals surface area contributed by atoms with Gasteiger partial charge in [0.15, 0.2) is 0 Å². The largest absolute Gasteiger partial charge is 0.330 e. The van der Waals surface area contributed by atoms with E-state index in [0.717, 1.165) is 12.5 Å². The van der Waals surface area contributed by atoms with Gasteiger partial charge < -0.3 is 5.73 Å². The van der Waals surface area contributed by atoms with Crippen LogP contribution in [0.5, 0.6) is 0 Å². The molecule has 108 valence electrons. The van der Waals surface area contributed by atoms with Gasteiger partial charge in [0.25, 0.3) is 0 Å². The van der Waals surface area contributed by atoms with E-state index in [1.54, 1.807) is 6.92 Å². The van der Waals surface area contributed by atoms with Gasteiger partial charge in [0.2, 0.25) is 10.0 Å². The Morgan fingerprint density at radius 1 is 1.42 bits per heavy atom. The van der Waals surface area contributed by atoms with Gasteiger partial charge in [-0.3, -0.25) is 0 Å². The summed E-state index contributed by atoms with van der Waals surface area (Å²) in [5, 5.41) is 0. The van der Waals surface area contributed by atoms with Crippen molar-refractivity contribution < 1.29 is 12.8 Å². The van der Waals surface area contributed by atoms with Gasteiger partial charge in [0.05, 0.1) is 4.90 Å². The maximum atomic E-state index is 13.3. The van der Waals surface area contributed by atoms with Crippen LogP contribution in [0.15, 0.2) is 23.1 Å². The number of hydrogen-bond acceptors (Lipinski definition) is 3. The van der Waals surface area contributed by atoms with Crippen LogP contribution >= 0.6 is 12.4 Å². The maximum Gasteiger partial charge on any atom is 0.243 e. The molecule has 1 atom stereocenters. The van der Waals surface area contributed by atoms with Gasteiger partial charge in [-0.15, -0.1) is 12.4 Å². The van der Waals surface area contributed by atoms with Crippen molar-refractivity contribution in [3.63, 3.8) is 0 Å². The van der Waals surface area contributed by atoms with E-state index in [9.17, 15) is 12.8 Å². The highest BCUT2D eigenvalue weighted by molar-refractivity contribution is 7.89. The molecule has 2 rings (SSSR count). The van der Waals surface area contributed by atoms with Crippen molar-refractivity contribution in [2.75, 3.05) is 19.6 Å². The van der Waals surface area contributed by atoms with E-state index in [1.807, 2.05) is 0 Å². The fourth-order valence-corrected chi connectivity index (χ4v) is 3.86. The molecule has 0 bridgehead atoms. The van der Waals surface area contributed by atoms with E-state index in [4.69, 9.17) is 5.73 Å². The number of benzene rings is 1. The first-order valence-electron chi connectivity index (χ1n) is 5.91. The normalized spacial score (nSPS) is 20.3. The summed E-state index contributed by atoms with van der Waals surface area (Å²) in [5.74, 6) is -0.322. The smallest absolute Gasteiger partial charge is 0.243 e. The summed E-state index contributed by atoms with van der Waals surface area (Å²) in [6, 6.07) is 3.87. The second kappa shape index (κ2) is 6.17. The maximum absolute atomic E-state index is 13.3. The highest BCUT2D eigenvalue weighted by Crippen LogP contribution is 2.24. The van der Waals surface area contributed by atoms with Crippen molar-refractivity contribution in [1.29, 1.82) is 0 Å². The molecule has 7 heteroatoms. The molecule has 1 aliphatic rings. The van der Waals surface area contributed by atoms with E-state index in [1.165, 1.54) is 16.4 Å². The van der Waals surface area contributed by atoms with Crippen LogP contribution < -0.4 is 5.73 Å². The Labute approximate surface area is 119 Å². The lowest BCUT2D eigenvalue weighted by Gasteiger charge is -2.16. The van der Waals surface area contributed by atoms with Crippen molar-refractivity contribution in [2.24, 2.45) is 11.7 Å². The molecule has 1 aliphatic heterocycles. The Hall–Kier alpha value is -0.690. The molecule has 1 saturated heterocycles. The van der Waals surface area contributed by atoms with Crippen LogP contribution in [0.1, 0.15) is 12.0 Å². The first kappa shape index (κ1) is 16.4. The minimum Gasteiger partial charge on any atom is -0.330 e. The van der Waals surface area contributed by atoms with Crippen molar-refractivity contribution in [3.05, 3.63) is 29.6 Å². The lowest BCUT2D eigenvalue weighted by molar-refractivity contribution is 0.458. The molecule has 0 spiro atoms. The summed E-state index contributed by atoms with van der Waals surface area (Å²) in [5.41, 5.74) is 6.14. The zero-order valence-corrected chi connectivity index (χ0v) is 12.3. The molecule has 1 aromatic rings. The summed E-state index contributed by atoms with van der Waals surface area (Å²) < 4.78 is 39.3. The van der Waals surface area contributed by atoms with Gasteiger partial charge in [-0.1, -0.05) is 0 Å².